The molecule has 0 radical (unpaired) electrons. The average Bonchev–Trinajstić information content (AvgIpc) is 3.13. The van der Waals surface area contributed by atoms with Gasteiger partial charge in [-0.1, -0.05) is 28.1 Å². The third-order valence-corrected chi connectivity index (χ3v) is 4.76. The second-order valence-corrected chi connectivity index (χ2v) is 6.51. The Morgan fingerprint density at radius 3 is 2.42 bits per heavy atom. The number of aryl methyl sites for hydroxylation is 1. The highest BCUT2D eigenvalue weighted by Crippen LogP contribution is 2.27. The smallest absolute Gasteiger partial charge is 0.209 e. The molecule has 0 amide bonds. The SMILES string of the molecule is Cn1c2ccccc2n2c(C(=O)c3ccc(Br)cc3)cc(C#N)c12. The van der Waals surface area contributed by atoms with Gasteiger partial charge in [-0.2, -0.15) is 5.26 Å². The van der Waals surface area contributed by atoms with Crippen molar-refractivity contribution in [2.75, 3.05) is 0 Å². The Bertz CT molecular complexity index is 1140. The molecule has 24 heavy (non-hydrogen) atoms. The molecule has 0 aliphatic heterocycles. The molecule has 0 aliphatic rings. The Hall–Kier alpha value is -2.84. The Labute approximate surface area is 146 Å². The summed E-state index contributed by atoms with van der Waals surface area (Å²) in [6.07, 6.45) is 0. The van der Waals surface area contributed by atoms with Crippen LogP contribution in [0.4, 0.5) is 0 Å². The van der Waals surface area contributed by atoms with Gasteiger partial charge in [-0.25, -0.2) is 0 Å². The number of benzene rings is 2. The Morgan fingerprint density at radius 2 is 1.75 bits per heavy atom. The molecule has 0 fully saturated rings. The zero-order valence-electron chi connectivity index (χ0n) is 12.8. The summed E-state index contributed by atoms with van der Waals surface area (Å²) >= 11 is 3.38. The topological polar surface area (TPSA) is 50.2 Å². The molecule has 4 aromatic rings. The van der Waals surface area contributed by atoms with Crippen LogP contribution >= 0.6 is 15.9 Å². The van der Waals surface area contributed by atoms with Crippen molar-refractivity contribution in [3.8, 4) is 6.07 Å². The van der Waals surface area contributed by atoms with Crippen molar-refractivity contribution in [1.82, 2.24) is 8.97 Å². The van der Waals surface area contributed by atoms with Crippen LogP contribution in [0.2, 0.25) is 0 Å². The van der Waals surface area contributed by atoms with E-state index < -0.39 is 0 Å². The first kappa shape index (κ1) is 14.7. The average molecular weight is 378 g/mol. The van der Waals surface area contributed by atoms with Gasteiger partial charge in [0.15, 0.2) is 0 Å². The molecule has 0 unspecified atom stereocenters. The maximum absolute atomic E-state index is 13.0. The quantitative estimate of drug-likeness (QED) is 0.489. The molecule has 0 atom stereocenters. The normalized spacial score (nSPS) is 11.0. The molecule has 0 aliphatic carbocycles. The minimum Gasteiger partial charge on any atom is -0.328 e. The van der Waals surface area contributed by atoms with E-state index in [-0.39, 0.29) is 5.78 Å². The predicted octanol–water partition coefficient (Wildman–Crippen LogP) is 4.30. The summed E-state index contributed by atoms with van der Waals surface area (Å²) in [5.74, 6) is -0.102. The van der Waals surface area contributed by atoms with Gasteiger partial charge in [-0.3, -0.25) is 9.20 Å². The highest BCUT2D eigenvalue weighted by Gasteiger charge is 2.21. The van der Waals surface area contributed by atoms with Gasteiger partial charge in [0, 0.05) is 17.1 Å². The summed E-state index contributed by atoms with van der Waals surface area (Å²) in [5, 5.41) is 9.49. The van der Waals surface area contributed by atoms with E-state index in [4.69, 9.17) is 0 Å². The minimum absolute atomic E-state index is 0.102. The standard InChI is InChI=1S/C19H12BrN3O/c1-22-15-4-2-3-5-16(15)23-17(10-13(11-21)19(22)23)18(24)12-6-8-14(20)9-7-12/h2-10H,1H3. The van der Waals surface area contributed by atoms with E-state index in [9.17, 15) is 10.1 Å². The number of para-hydroxylation sites is 2. The van der Waals surface area contributed by atoms with Crippen molar-refractivity contribution in [1.29, 1.82) is 5.26 Å². The molecule has 0 saturated carbocycles. The van der Waals surface area contributed by atoms with Crippen molar-refractivity contribution in [3.05, 3.63) is 75.9 Å². The van der Waals surface area contributed by atoms with Crippen LogP contribution in [-0.4, -0.2) is 14.8 Å². The molecule has 2 aromatic carbocycles. The van der Waals surface area contributed by atoms with Crippen LogP contribution in [-0.2, 0) is 7.05 Å². The number of nitriles is 1. The van der Waals surface area contributed by atoms with E-state index in [1.54, 1.807) is 18.2 Å². The number of carbonyl (C=O) groups is 1. The van der Waals surface area contributed by atoms with Crippen LogP contribution in [0, 0.1) is 11.3 Å². The minimum atomic E-state index is -0.102. The zero-order valence-corrected chi connectivity index (χ0v) is 14.4. The van der Waals surface area contributed by atoms with Gasteiger partial charge < -0.3 is 4.57 Å². The number of hydrogen-bond donors (Lipinski definition) is 0. The lowest BCUT2D eigenvalue weighted by molar-refractivity contribution is 0.103. The van der Waals surface area contributed by atoms with Crippen LogP contribution in [0.3, 0.4) is 0 Å². The lowest BCUT2D eigenvalue weighted by Crippen LogP contribution is -2.04. The molecular formula is C19H12BrN3O. The molecule has 4 rings (SSSR count). The first-order valence-corrected chi connectivity index (χ1v) is 8.20. The fraction of sp³-hybridized carbons (Fsp3) is 0.0526. The van der Waals surface area contributed by atoms with Gasteiger partial charge in [0.1, 0.15) is 11.7 Å². The van der Waals surface area contributed by atoms with E-state index in [0.29, 0.717) is 16.8 Å². The zero-order chi connectivity index (χ0) is 16.8. The molecule has 0 N–H and O–H groups in total. The van der Waals surface area contributed by atoms with Gasteiger partial charge in [0.2, 0.25) is 5.78 Å². The molecule has 116 valence electrons. The van der Waals surface area contributed by atoms with Crippen molar-refractivity contribution in [3.63, 3.8) is 0 Å². The van der Waals surface area contributed by atoms with Crippen LogP contribution in [0.25, 0.3) is 16.7 Å². The maximum Gasteiger partial charge on any atom is 0.209 e. The van der Waals surface area contributed by atoms with E-state index >= 15 is 0 Å². The molecule has 4 nitrogen and oxygen atoms in total. The van der Waals surface area contributed by atoms with Crippen LogP contribution in [0.1, 0.15) is 21.6 Å². The summed E-state index contributed by atoms with van der Waals surface area (Å²) in [4.78, 5) is 13.0. The number of aromatic nitrogens is 2. The van der Waals surface area contributed by atoms with Crippen LogP contribution in [0.15, 0.2) is 59.1 Å². The molecule has 0 saturated heterocycles. The van der Waals surface area contributed by atoms with Gasteiger partial charge in [0.25, 0.3) is 0 Å². The number of fused-ring (bicyclic) bond motifs is 3. The van der Waals surface area contributed by atoms with Gasteiger partial charge in [-0.05, 0) is 42.5 Å². The Morgan fingerprint density at radius 1 is 1.08 bits per heavy atom. The lowest BCUT2D eigenvalue weighted by atomic mass is 10.1. The number of carbonyl (C=O) groups excluding carboxylic acids is 1. The van der Waals surface area contributed by atoms with E-state index in [2.05, 4.69) is 22.0 Å². The van der Waals surface area contributed by atoms with Gasteiger partial charge >= 0.3 is 0 Å². The third-order valence-electron chi connectivity index (χ3n) is 4.24. The van der Waals surface area contributed by atoms with Crippen molar-refractivity contribution >= 4 is 38.4 Å². The third kappa shape index (κ3) is 2.00. The second kappa shape index (κ2) is 5.36. The summed E-state index contributed by atoms with van der Waals surface area (Å²) in [6.45, 7) is 0. The first-order valence-electron chi connectivity index (χ1n) is 7.41. The van der Waals surface area contributed by atoms with E-state index in [1.807, 2.05) is 52.4 Å². The van der Waals surface area contributed by atoms with Crippen molar-refractivity contribution < 1.29 is 4.79 Å². The van der Waals surface area contributed by atoms with Crippen molar-refractivity contribution in [2.45, 2.75) is 0 Å². The van der Waals surface area contributed by atoms with Gasteiger partial charge in [-0.15, -0.1) is 0 Å². The summed E-state index contributed by atoms with van der Waals surface area (Å²) in [5.41, 5.74) is 4.22. The molecule has 2 heterocycles. The number of ketones is 1. The van der Waals surface area contributed by atoms with Gasteiger partial charge in [0.05, 0.1) is 22.3 Å². The highest BCUT2D eigenvalue weighted by molar-refractivity contribution is 9.10. The Kier molecular flexibility index (Phi) is 3.29. The number of rotatable bonds is 2. The number of imidazole rings is 1. The van der Waals surface area contributed by atoms with Crippen molar-refractivity contribution in [2.24, 2.45) is 7.05 Å². The molecule has 0 bridgehead atoms. The monoisotopic (exact) mass is 377 g/mol. The van der Waals surface area contributed by atoms with Crippen LogP contribution in [0.5, 0.6) is 0 Å². The number of hydrogen-bond acceptors (Lipinski definition) is 2. The fourth-order valence-corrected chi connectivity index (χ4v) is 3.39. The maximum atomic E-state index is 13.0. The number of halogens is 1. The summed E-state index contributed by atoms with van der Waals surface area (Å²) in [6, 6.07) is 18.9. The molecule has 2 aromatic heterocycles. The Balaban J connectivity index is 2.06. The molecule has 0 spiro atoms. The lowest BCUT2D eigenvalue weighted by Gasteiger charge is -2.02. The van der Waals surface area contributed by atoms with E-state index in [1.165, 1.54) is 0 Å². The molecule has 5 heteroatoms. The highest BCUT2D eigenvalue weighted by atomic mass is 79.9. The molecular weight excluding hydrogens is 366 g/mol. The van der Waals surface area contributed by atoms with E-state index in [0.717, 1.165) is 21.2 Å². The summed E-state index contributed by atoms with van der Waals surface area (Å²) in [7, 11) is 1.91. The second-order valence-electron chi connectivity index (χ2n) is 5.60. The predicted molar refractivity (Wildman–Crippen MR) is 96.2 cm³/mol. The summed E-state index contributed by atoms with van der Waals surface area (Å²) < 4.78 is 4.74. The first-order chi connectivity index (χ1) is 11.6. The number of nitrogens with zero attached hydrogens (tertiary/aromatic N) is 3. The largest absolute Gasteiger partial charge is 0.328 e. The fourth-order valence-electron chi connectivity index (χ4n) is 3.12. The van der Waals surface area contributed by atoms with Crippen LogP contribution < -0.4 is 0 Å².